The van der Waals surface area contributed by atoms with Gasteiger partial charge in [0.15, 0.2) is 0 Å². The van der Waals surface area contributed by atoms with Crippen LogP contribution in [-0.4, -0.2) is 22.8 Å². The Morgan fingerprint density at radius 3 is 2.76 bits per heavy atom. The zero-order valence-electron chi connectivity index (χ0n) is 16.1. The Morgan fingerprint density at radius 1 is 1.24 bits per heavy atom. The monoisotopic (exact) mass is 343 g/mol. The highest BCUT2D eigenvalue weighted by Crippen LogP contribution is 2.80. The fourth-order valence-electron chi connectivity index (χ4n) is 8.94. The molecule has 3 heteroatoms. The highest BCUT2D eigenvalue weighted by Gasteiger charge is 2.78. The molecule has 0 aromatic carbocycles. The molecule has 3 nitrogen and oxygen atoms in total. The third-order valence-electron chi connectivity index (χ3n) is 9.75. The Morgan fingerprint density at radius 2 is 2.04 bits per heavy atom. The fraction of sp³-hybridized carbons (Fsp3) is 0.909. The van der Waals surface area contributed by atoms with E-state index < -0.39 is 5.97 Å². The molecule has 0 aromatic rings. The summed E-state index contributed by atoms with van der Waals surface area (Å²) < 4.78 is 0. The zero-order chi connectivity index (χ0) is 17.6. The van der Waals surface area contributed by atoms with Crippen LogP contribution >= 0.6 is 0 Å². The molecule has 4 aliphatic carbocycles. The Kier molecular flexibility index (Phi) is 3.20. The van der Waals surface area contributed by atoms with Crippen molar-refractivity contribution in [3.8, 4) is 0 Å². The van der Waals surface area contributed by atoms with Gasteiger partial charge in [-0.2, -0.15) is 0 Å². The molecule has 1 spiro atoms. The van der Waals surface area contributed by atoms with Gasteiger partial charge in [-0.05, 0) is 79.4 Å². The van der Waals surface area contributed by atoms with Gasteiger partial charge in [0.25, 0.3) is 0 Å². The van der Waals surface area contributed by atoms with Crippen LogP contribution < -0.4 is 0 Å². The molecule has 6 rings (SSSR count). The number of rotatable bonds is 4. The van der Waals surface area contributed by atoms with Crippen molar-refractivity contribution in [1.29, 1.82) is 0 Å². The topological polar surface area (TPSA) is 49.7 Å². The van der Waals surface area contributed by atoms with Gasteiger partial charge in [-0.3, -0.25) is 9.79 Å². The molecule has 25 heavy (non-hydrogen) atoms. The summed E-state index contributed by atoms with van der Waals surface area (Å²) in [7, 11) is 0. The van der Waals surface area contributed by atoms with E-state index in [-0.39, 0.29) is 5.41 Å². The van der Waals surface area contributed by atoms with Crippen LogP contribution in [0.3, 0.4) is 0 Å². The smallest absolute Gasteiger partial charge is 0.303 e. The summed E-state index contributed by atoms with van der Waals surface area (Å²) in [6, 6.07) is 0.563. The highest BCUT2D eigenvalue weighted by molar-refractivity contribution is 5.97. The van der Waals surface area contributed by atoms with E-state index in [0.717, 1.165) is 6.42 Å². The largest absolute Gasteiger partial charge is 0.481 e. The Hall–Kier alpha value is -0.860. The van der Waals surface area contributed by atoms with Gasteiger partial charge in [0.1, 0.15) is 0 Å². The maximum absolute atomic E-state index is 11.6. The van der Waals surface area contributed by atoms with Gasteiger partial charge in [-0.25, -0.2) is 0 Å². The molecule has 0 aromatic heterocycles. The number of carboxylic acid groups (broad SMARTS) is 1. The van der Waals surface area contributed by atoms with Gasteiger partial charge >= 0.3 is 5.97 Å². The van der Waals surface area contributed by atoms with E-state index in [9.17, 15) is 9.90 Å². The molecule has 7 atom stereocenters. The van der Waals surface area contributed by atoms with Crippen molar-refractivity contribution in [2.45, 2.75) is 84.6 Å². The van der Waals surface area contributed by atoms with Crippen LogP contribution in [0, 0.1) is 39.9 Å². The second-order valence-electron chi connectivity index (χ2n) is 10.5. The van der Waals surface area contributed by atoms with Crippen LogP contribution in [0.25, 0.3) is 0 Å². The predicted molar refractivity (Wildman–Crippen MR) is 98.7 cm³/mol. The number of carbonyl (C=O) groups is 1. The van der Waals surface area contributed by atoms with Gasteiger partial charge in [0, 0.05) is 17.5 Å². The molecule has 2 heterocycles. The number of aliphatic imine (C=N–C) groups is 1. The Bertz CT molecular complexity index is 654. The number of aliphatic carboxylic acids is 1. The first-order chi connectivity index (χ1) is 11.9. The van der Waals surface area contributed by atoms with E-state index in [4.69, 9.17) is 4.99 Å². The minimum atomic E-state index is -0.621. The first kappa shape index (κ1) is 16.3. The molecular weight excluding hydrogens is 310 g/mol. The lowest BCUT2D eigenvalue weighted by Gasteiger charge is -2.71. The molecule has 0 radical (unpaired) electrons. The standard InChI is InChI=1S/C22H33NO2/c1-13(2)14-6-10-20(3)15-7-11-21-9-4-5-16(21)22(20,12-8-17(24)25)18(14)23-19(15)21/h13-16,19H,4-12H2,1-3H3,(H,24,25)/t14-,15+,16-,19-,20+,21-,22+/m1/s1. The molecule has 0 unspecified atom stereocenters. The van der Waals surface area contributed by atoms with Crippen LogP contribution in [-0.2, 0) is 4.79 Å². The summed E-state index contributed by atoms with van der Waals surface area (Å²) in [6.07, 6.45) is 10.5. The summed E-state index contributed by atoms with van der Waals surface area (Å²) in [5, 5.41) is 9.54. The van der Waals surface area contributed by atoms with E-state index >= 15 is 0 Å². The molecule has 6 bridgehead atoms. The van der Waals surface area contributed by atoms with Gasteiger partial charge in [0.05, 0.1) is 6.04 Å². The SMILES string of the molecule is CC(C)[C@H]1CC[C@@]2(C)[C@H]3CC[C@]45CCC[C@H]4[C@@]2(CCC(=O)O)C1=N[C@H]35. The van der Waals surface area contributed by atoms with E-state index in [1.54, 1.807) is 0 Å². The molecule has 2 aliphatic heterocycles. The maximum Gasteiger partial charge on any atom is 0.303 e. The van der Waals surface area contributed by atoms with Gasteiger partial charge in [-0.1, -0.05) is 27.2 Å². The number of hydrogen-bond donors (Lipinski definition) is 1. The van der Waals surface area contributed by atoms with Gasteiger partial charge in [-0.15, -0.1) is 0 Å². The first-order valence-corrected chi connectivity index (χ1v) is 10.7. The minimum Gasteiger partial charge on any atom is -0.481 e. The van der Waals surface area contributed by atoms with Crippen LogP contribution in [0.2, 0.25) is 0 Å². The van der Waals surface area contributed by atoms with Crippen molar-refractivity contribution in [3.05, 3.63) is 0 Å². The van der Waals surface area contributed by atoms with E-state index in [0.29, 0.717) is 47.0 Å². The summed E-state index contributed by atoms with van der Waals surface area (Å²) >= 11 is 0. The van der Waals surface area contributed by atoms with E-state index in [2.05, 4.69) is 20.8 Å². The summed E-state index contributed by atoms with van der Waals surface area (Å²) in [5.74, 6) is 2.01. The lowest BCUT2D eigenvalue weighted by atomic mass is 9.35. The Balaban J connectivity index is 1.73. The van der Waals surface area contributed by atoms with Gasteiger partial charge in [0.2, 0.25) is 0 Å². The molecule has 1 N–H and O–H groups in total. The van der Waals surface area contributed by atoms with Crippen molar-refractivity contribution in [3.63, 3.8) is 0 Å². The molecule has 0 saturated heterocycles. The molecule has 0 amide bonds. The van der Waals surface area contributed by atoms with Crippen molar-refractivity contribution in [2.24, 2.45) is 44.9 Å². The second kappa shape index (κ2) is 4.89. The van der Waals surface area contributed by atoms with Crippen molar-refractivity contribution >= 4 is 11.7 Å². The maximum atomic E-state index is 11.6. The van der Waals surface area contributed by atoms with Gasteiger partial charge < -0.3 is 5.11 Å². The molecule has 138 valence electrons. The summed E-state index contributed by atoms with van der Waals surface area (Å²) in [4.78, 5) is 17.1. The fourth-order valence-corrected chi connectivity index (χ4v) is 8.94. The number of carboxylic acids is 1. The molecular formula is C22H33NO2. The second-order valence-corrected chi connectivity index (χ2v) is 10.5. The van der Waals surface area contributed by atoms with Crippen LogP contribution in [0.15, 0.2) is 4.99 Å². The average Bonchev–Trinajstić information content (AvgIpc) is 3.12. The van der Waals surface area contributed by atoms with Crippen LogP contribution in [0.5, 0.6) is 0 Å². The van der Waals surface area contributed by atoms with Crippen molar-refractivity contribution in [2.75, 3.05) is 0 Å². The van der Waals surface area contributed by atoms with E-state index in [1.165, 1.54) is 50.7 Å². The lowest BCUT2D eigenvalue weighted by Crippen LogP contribution is -2.71. The third-order valence-corrected chi connectivity index (χ3v) is 9.75. The Labute approximate surface area is 151 Å². The highest BCUT2D eigenvalue weighted by atomic mass is 16.4. The molecule has 4 fully saturated rings. The summed E-state index contributed by atoms with van der Waals surface area (Å²) in [5.41, 5.74) is 2.31. The predicted octanol–water partition coefficient (Wildman–Crippen LogP) is 4.94. The van der Waals surface area contributed by atoms with Crippen molar-refractivity contribution < 1.29 is 9.90 Å². The number of nitrogens with zero attached hydrogens (tertiary/aromatic N) is 1. The van der Waals surface area contributed by atoms with Crippen LogP contribution in [0.4, 0.5) is 0 Å². The third kappa shape index (κ3) is 1.65. The zero-order valence-corrected chi connectivity index (χ0v) is 16.1. The van der Waals surface area contributed by atoms with Crippen molar-refractivity contribution in [1.82, 2.24) is 0 Å². The lowest BCUT2D eigenvalue weighted by molar-refractivity contribution is -0.146. The molecule has 6 aliphatic rings. The minimum absolute atomic E-state index is 0.0883. The first-order valence-electron chi connectivity index (χ1n) is 10.7. The summed E-state index contributed by atoms with van der Waals surface area (Å²) in [6.45, 7) is 7.25. The normalized spacial score (nSPS) is 52.4. The van der Waals surface area contributed by atoms with Crippen LogP contribution in [0.1, 0.15) is 78.6 Å². The molecule has 4 saturated carbocycles. The average molecular weight is 344 g/mol. The quantitative estimate of drug-likeness (QED) is 0.785. The van der Waals surface area contributed by atoms with E-state index in [1.807, 2.05) is 0 Å². The number of hydrogen-bond acceptors (Lipinski definition) is 2.